The van der Waals surface area contributed by atoms with Crippen LogP contribution in [0.2, 0.25) is 5.02 Å². The minimum Gasteiger partial charge on any atom is -0.491 e. The molecule has 2 heterocycles. The van der Waals surface area contributed by atoms with Crippen LogP contribution >= 0.6 is 23.8 Å². The Kier molecular flexibility index (Phi) is 8.12. The molecule has 2 N–H and O–H groups in total. The van der Waals surface area contributed by atoms with Gasteiger partial charge in [0.25, 0.3) is 11.8 Å². The first kappa shape index (κ1) is 25.5. The van der Waals surface area contributed by atoms with E-state index in [-0.39, 0.29) is 23.0 Å². The minimum atomic E-state index is -0.341. The molecule has 0 radical (unpaired) electrons. The van der Waals surface area contributed by atoms with Gasteiger partial charge in [0.15, 0.2) is 10.9 Å². The molecule has 2 amide bonds. The van der Waals surface area contributed by atoms with Gasteiger partial charge in [0.2, 0.25) is 0 Å². The Morgan fingerprint density at radius 1 is 1.06 bits per heavy atom. The van der Waals surface area contributed by atoms with Crippen molar-refractivity contribution in [2.24, 2.45) is 0 Å². The van der Waals surface area contributed by atoms with Gasteiger partial charge in [0, 0.05) is 37.4 Å². The van der Waals surface area contributed by atoms with Crippen molar-refractivity contribution < 1.29 is 18.7 Å². The van der Waals surface area contributed by atoms with Gasteiger partial charge in [0.1, 0.15) is 5.75 Å². The molecule has 0 unspecified atom stereocenters. The molecule has 1 aliphatic heterocycles. The largest absolute Gasteiger partial charge is 0.491 e. The van der Waals surface area contributed by atoms with E-state index in [1.807, 2.05) is 26.0 Å². The predicted molar refractivity (Wildman–Crippen MR) is 144 cm³/mol. The average Bonchev–Trinajstić information content (AvgIpc) is 3.39. The topological polar surface area (TPSA) is 87.0 Å². The van der Waals surface area contributed by atoms with E-state index in [0.29, 0.717) is 54.0 Å². The lowest BCUT2D eigenvalue weighted by Crippen LogP contribution is -2.48. The average molecular weight is 527 g/mol. The first-order chi connectivity index (χ1) is 17.3. The fraction of sp³-hybridized carbons (Fsp3) is 0.269. The summed E-state index contributed by atoms with van der Waals surface area (Å²) in [7, 11) is 0. The molecule has 1 aromatic heterocycles. The number of carbonyl (C=O) groups excluding carboxylic acids is 2. The van der Waals surface area contributed by atoms with E-state index in [9.17, 15) is 9.59 Å². The third-order valence-corrected chi connectivity index (χ3v) is 6.05. The zero-order valence-electron chi connectivity index (χ0n) is 20.0. The molecule has 2 aromatic carbocycles. The van der Waals surface area contributed by atoms with Crippen LogP contribution in [0.3, 0.4) is 0 Å². The summed E-state index contributed by atoms with van der Waals surface area (Å²) < 4.78 is 10.9. The zero-order chi connectivity index (χ0) is 25.7. The number of nitrogens with zero attached hydrogens (tertiary/aromatic N) is 2. The zero-order valence-corrected chi connectivity index (χ0v) is 21.6. The summed E-state index contributed by atoms with van der Waals surface area (Å²) in [6, 6.07) is 15.8. The minimum absolute atomic E-state index is 0.00636. The Morgan fingerprint density at radius 3 is 2.50 bits per heavy atom. The molecule has 10 heteroatoms. The van der Waals surface area contributed by atoms with Crippen molar-refractivity contribution in [3.8, 4) is 5.75 Å². The van der Waals surface area contributed by atoms with Crippen LogP contribution in [0.5, 0.6) is 5.75 Å². The summed E-state index contributed by atoms with van der Waals surface area (Å²) in [4.78, 5) is 29.0. The molecule has 4 rings (SSSR count). The molecular weight excluding hydrogens is 500 g/mol. The van der Waals surface area contributed by atoms with Crippen LogP contribution in [0.1, 0.15) is 34.8 Å². The Labute approximate surface area is 220 Å². The highest BCUT2D eigenvalue weighted by Crippen LogP contribution is 2.30. The van der Waals surface area contributed by atoms with E-state index in [2.05, 4.69) is 15.5 Å². The van der Waals surface area contributed by atoms with Crippen LogP contribution in [0.4, 0.5) is 11.4 Å². The highest BCUT2D eigenvalue weighted by atomic mass is 35.5. The Bertz CT molecular complexity index is 1240. The maximum absolute atomic E-state index is 12.6. The van der Waals surface area contributed by atoms with E-state index in [0.717, 1.165) is 5.69 Å². The van der Waals surface area contributed by atoms with Crippen molar-refractivity contribution in [1.29, 1.82) is 0 Å². The number of amides is 2. The van der Waals surface area contributed by atoms with E-state index in [1.165, 1.54) is 6.26 Å². The summed E-state index contributed by atoms with van der Waals surface area (Å²) in [6.07, 6.45) is 1.50. The van der Waals surface area contributed by atoms with Crippen molar-refractivity contribution in [1.82, 2.24) is 10.2 Å². The molecule has 0 spiro atoms. The molecule has 1 saturated heterocycles. The number of nitrogens with one attached hydrogen (secondary N) is 2. The Morgan fingerprint density at radius 2 is 1.83 bits per heavy atom. The maximum Gasteiger partial charge on any atom is 0.289 e. The highest BCUT2D eigenvalue weighted by molar-refractivity contribution is 7.80. The van der Waals surface area contributed by atoms with Crippen LogP contribution in [-0.4, -0.2) is 54.1 Å². The molecule has 0 saturated carbocycles. The molecule has 1 aliphatic rings. The number of piperazine rings is 1. The number of carbonyl (C=O) groups is 2. The number of hydrogen-bond donors (Lipinski definition) is 2. The number of ether oxygens (including phenoxy) is 1. The normalized spacial score (nSPS) is 13.4. The van der Waals surface area contributed by atoms with E-state index >= 15 is 0 Å². The van der Waals surface area contributed by atoms with Gasteiger partial charge in [0.05, 0.1) is 23.1 Å². The van der Waals surface area contributed by atoms with Gasteiger partial charge in [-0.05, 0) is 74.6 Å². The van der Waals surface area contributed by atoms with Crippen LogP contribution in [0.15, 0.2) is 65.3 Å². The Balaban J connectivity index is 1.31. The van der Waals surface area contributed by atoms with E-state index in [1.54, 1.807) is 47.4 Å². The number of hydrogen-bond acceptors (Lipinski definition) is 6. The second kappa shape index (κ2) is 11.5. The first-order valence-electron chi connectivity index (χ1n) is 11.6. The van der Waals surface area contributed by atoms with Gasteiger partial charge in [-0.1, -0.05) is 17.7 Å². The summed E-state index contributed by atoms with van der Waals surface area (Å²) in [5, 5.41) is 6.37. The fourth-order valence-electron chi connectivity index (χ4n) is 3.87. The quantitative estimate of drug-likeness (QED) is 0.446. The third kappa shape index (κ3) is 6.35. The lowest BCUT2D eigenvalue weighted by molar-refractivity contribution is 0.0714. The second-order valence-corrected chi connectivity index (χ2v) is 9.34. The van der Waals surface area contributed by atoms with Gasteiger partial charge in [-0.15, -0.1) is 0 Å². The molecule has 36 heavy (non-hydrogen) atoms. The number of anilines is 2. The molecule has 0 atom stereocenters. The number of rotatable bonds is 6. The van der Waals surface area contributed by atoms with Crippen molar-refractivity contribution in [2.45, 2.75) is 20.0 Å². The van der Waals surface area contributed by atoms with Gasteiger partial charge >= 0.3 is 0 Å². The molecule has 0 bridgehead atoms. The van der Waals surface area contributed by atoms with Crippen molar-refractivity contribution >= 4 is 52.1 Å². The highest BCUT2D eigenvalue weighted by Gasteiger charge is 2.24. The second-order valence-electron chi connectivity index (χ2n) is 8.53. The molecule has 8 nitrogen and oxygen atoms in total. The molecule has 0 aliphatic carbocycles. The lowest BCUT2D eigenvalue weighted by Gasteiger charge is -2.36. The molecule has 188 valence electrons. The third-order valence-electron chi connectivity index (χ3n) is 5.54. The predicted octanol–water partition coefficient (Wildman–Crippen LogP) is 4.81. The number of thiocarbonyl (C=S) groups is 1. The molecular formula is C26H27ClN4O4S. The van der Waals surface area contributed by atoms with E-state index in [4.69, 9.17) is 33.0 Å². The summed E-state index contributed by atoms with van der Waals surface area (Å²) in [5.41, 5.74) is 1.96. The fourth-order valence-corrected chi connectivity index (χ4v) is 4.38. The summed E-state index contributed by atoms with van der Waals surface area (Å²) >= 11 is 11.9. The molecule has 3 aromatic rings. The van der Waals surface area contributed by atoms with Crippen molar-refractivity contribution in [2.75, 3.05) is 36.4 Å². The van der Waals surface area contributed by atoms with Gasteiger partial charge in [-0.3, -0.25) is 14.9 Å². The van der Waals surface area contributed by atoms with E-state index < -0.39 is 0 Å². The summed E-state index contributed by atoms with van der Waals surface area (Å²) in [6.45, 7) is 6.27. The first-order valence-corrected chi connectivity index (χ1v) is 12.3. The monoisotopic (exact) mass is 526 g/mol. The van der Waals surface area contributed by atoms with Crippen LogP contribution in [0, 0.1) is 0 Å². The lowest BCUT2D eigenvalue weighted by atomic mass is 10.2. The number of benzene rings is 2. The van der Waals surface area contributed by atoms with Crippen LogP contribution in [-0.2, 0) is 0 Å². The summed E-state index contributed by atoms with van der Waals surface area (Å²) in [5.74, 6) is 0.507. The van der Waals surface area contributed by atoms with Gasteiger partial charge < -0.3 is 24.3 Å². The van der Waals surface area contributed by atoms with Gasteiger partial charge in [-0.25, -0.2) is 0 Å². The Hall–Kier alpha value is -3.56. The molecule has 1 fully saturated rings. The van der Waals surface area contributed by atoms with Crippen LogP contribution in [0.25, 0.3) is 0 Å². The van der Waals surface area contributed by atoms with Crippen molar-refractivity contribution in [3.05, 3.63) is 77.2 Å². The van der Waals surface area contributed by atoms with Crippen molar-refractivity contribution in [3.63, 3.8) is 0 Å². The smallest absolute Gasteiger partial charge is 0.289 e. The standard InChI is InChI=1S/C26H27ClN4O4S/c1-17(2)35-20-6-3-5-18(15-20)24(32)29-26(36)28-19-8-9-22(21(27)16-19)30-10-12-31(13-11-30)25(33)23-7-4-14-34-23/h3-9,14-17H,10-13H2,1-2H3,(H2,28,29,32,36). The SMILES string of the molecule is CC(C)Oc1cccc(C(=O)NC(=S)Nc2ccc(N3CCN(C(=O)c4ccco4)CC3)c(Cl)c2)c1. The van der Waals surface area contributed by atoms with Gasteiger partial charge in [-0.2, -0.15) is 0 Å². The van der Waals surface area contributed by atoms with Crippen LogP contribution < -0.4 is 20.3 Å². The maximum atomic E-state index is 12.6. The number of halogens is 1. The number of furan rings is 1.